The minimum atomic E-state index is -0.974. The lowest BCUT2D eigenvalue weighted by molar-refractivity contribution is 0.0696. The van der Waals surface area contributed by atoms with Gasteiger partial charge in [-0.15, -0.1) is 0 Å². The second-order valence-corrected chi connectivity index (χ2v) is 7.53. The summed E-state index contributed by atoms with van der Waals surface area (Å²) in [5.41, 5.74) is 3.38. The van der Waals surface area contributed by atoms with Gasteiger partial charge in [0.2, 0.25) is 5.01 Å². The first-order chi connectivity index (χ1) is 9.34. The predicted molar refractivity (Wildman–Crippen MR) is 79.3 cm³/mol. The van der Waals surface area contributed by atoms with E-state index in [-0.39, 0.29) is 5.01 Å². The van der Waals surface area contributed by atoms with Gasteiger partial charge in [-0.25, -0.2) is 14.8 Å². The van der Waals surface area contributed by atoms with E-state index in [0.717, 1.165) is 46.6 Å². The van der Waals surface area contributed by atoms with Gasteiger partial charge < -0.3 is 5.11 Å². The van der Waals surface area contributed by atoms with Crippen molar-refractivity contribution >= 4 is 27.7 Å². The van der Waals surface area contributed by atoms with Crippen LogP contribution in [0.15, 0.2) is 6.07 Å². The molecule has 4 nitrogen and oxygen atoms in total. The standard InChI is InChI=1S/C15H18N2O2S/c1-15(2,3)9-4-5-10-8(6-9)7-11-12(16-10)20-13(17-11)14(18)19/h7,9H,4-6H2,1-3H3,(H,18,19). The van der Waals surface area contributed by atoms with Gasteiger partial charge in [0.25, 0.3) is 0 Å². The van der Waals surface area contributed by atoms with Gasteiger partial charge in [-0.05, 0) is 42.2 Å². The maximum absolute atomic E-state index is 11.0. The Morgan fingerprint density at radius 3 is 2.80 bits per heavy atom. The predicted octanol–water partition coefficient (Wildman–Crippen LogP) is 3.54. The summed E-state index contributed by atoms with van der Waals surface area (Å²) < 4.78 is 0. The number of rotatable bonds is 1. The van der Waals surface area contributed by atoms with E-state index in [1.54, 1.807) is 0 Å². The van der Waals surface area contributed by atoms with Crippen molar-refractivity contribution in [2.75, 3.05) is 0 Å². The summed E-state index contributed by atoms with van der Waals surface area (Å²) in [7, 11) is 0. The van der Waals surface area contributed by atoms with Gasteiger partial charge in [-0.2, -0.15) is 0 Å². The monoisotopic (exact) mass is 290 g/mol. The summed E-state index contributed by atoms with van der Waals surface area (Å²) in [6.45, 7) is 6.83. The molecular formula is C15H18N2O2S. The molecule has 0 saturated carbocycles. The van der Waals surface area contributed by atoms with Gasteiger partial charge in [-0.1, -0.05) is 32.1 Å². The molecule has 3 rings (SSSR count). The van der Waals surface area contributed by atoms with Crippen LogP contribution in [0.1, 0.15) is 48.3 Å². The average molecular weight is 290 g/mol. The highest BCUT2D eigenvalue weighted by atomic mass is 32.1. The fourth-order valence-corrected chi connectivity index (χ4v) is 3.62. The highest BCUT2D eigenvalue weighted by Gasteiger charge is 2.29. The van der Waals surface area contributed by atoms with E-state index in [0.29, 0.717) is 11.3 Å². The number of aromatic carboxylic acids is 1. The molecule has 2 aromatic rings. The van der Waals surface area contributed by atoms with E-state index in [2.05, 4.69) is 30.7 Å². The number of aryl methyl sites for hydroxylation is 1. The van der Waals surface area contributed by atoms with E-state index in [1.165, 1.54) is 5.56 Å². The summed E-state index contributed by atoms with van der Waals surface area (Å²) in [5.74, 6) is -0.328. The molecule has 0 radical (unpaired) electrons. The van der Waals surface area contributed by atoms with Crippen molar-refractivity contribution in [3.8, 4) is 0 Å². The van der Waals surface area contributed by atoms with Crippen molar-refractivity contribution in [3.63, 3.8) is 0 Å². The molecule has 0 saturated heterocycles. The molecule has 0 aliphatic heterocycles. The van der Waals surface area contributed by atoms with Crippen molar-refractivity contribution in [1.82, 2.24) is 9.97 Å². The zero-order valence-electron chi connectivity index (χ0n) is 11.9. The highest BCUT2D eigenvalue weighted by molar-refractivity contribution is 7.19. The molecule has 1 aliphatic carbocycles. The fourth-order valence-electron chi connectivity index (χ4n) is 2.84. The molecule has 2 aromatic heterocycles. The first-order valence-corrected chi connectivity index (χ1v) is 7.69. The van der Waals surface area contributed by atoms with Crippen LogP contribution >= 0.6 is 11.3 Å². The Bertz CT molecular complexity index is 685. The first-order valence-electron chi connectivity index (χ1n) is 6.87. The van der Waals surface area contributed by atoms with E-state index in [4.69, 9.17) is 5.11 Å². The molecule has 0 bridgehead atoms. The van der Waals surface area contributed by atoms with Crippen LogP contribution in [-0.4, -0.2) is 21.0 Å². The Morgan fingerprint density at radius 2 is 2.15 bits per heavy atom. The number of fused-ring (bicyclic) bond motifs is 2. The van der Waals surface area contributed by atoms with Crippen LogP contribution in [-0.2, 0) is 12.8 Å². The topological polar surface area (TPSA) is 63.1 Å². The molecule has 20 heavy (non-hydrogen) atoms. The van der Waals surface area contributed by atoms with Crippen LogP contribution in [0.5, 0.6) is 0 Å². The maximum atomic E-state index is 11.0. The lowest BCUT2D eigenvalue weighted by Gasteiger charge is -2.34. The van der Waals surface area contributed by atoms with Crippen LogP contribution in [0.4, 0.5) is 0 Å². The second kappa shape index (κ2) is 4.52. The number of thiazole rings is 1. The van der Waals surface area contributed by atoms with Gasteiger partial charge in [0.05, 0.1) is 0 Å². The smallest absolute Gasteiger partial charge is 0.365 e. The molecule has 0 fully saturated rings. The zero-order valence-corrected chi connectivity index (χ0v) is 12.8. The molecule has 106 valence electrons. The minimum Gasteiger partial charge on any atom is -0.476 e. The van der Waals surface area contributed by atoms with Crippen LogP contribution in [0.2, 0.25) is 0 Å². The normalized spacial score (nSPS) is 19.1. The van der Waals surface area contributed by atoms with E-state index >= 15 is 0 Å². The summed E-state index contributed by atoms with van der Waals surface area (Å²) in [5, 5.41) is 9.15. The number of hydrogen-bond donors (Lipinski definition) is 1. The van der Waals surface area contributed by atoms with Crippen molar-refractivity contribution in [3.05, 3.63) is 22.3 Å². The molecule has 1 N–H and O–H groups in total. The largest absolute Gasteiger partial charge is 0.476 e. The molecule has 2 heterocycles. The number of nitrogens with zero attached hydrogens (tertiary/aromatic N) is 2. The van der Waals surface area contributed by atoms with Crippen molar-refractivity contribution < 1.29 is 9.90 Å². The van der Waals surface area contributed by atoms with Crippen molar-refractivity contribution in [2.45, 2.75) is 40.0 Å². The fraction of sp³-hybridized carbons (Fsp3) is 0.533. The Kier molecular flexibility index (Phi) is 3.05. The lowest BCUT2D eigenvalue weighted by atomic mass is 9.71. The number of carboxylic acid groups (broad SMARTS) is 1. The third-order valence-corrected chi connectivity index (χ3v) is 5.11. The summed E-state index contributed by atoms with van der Waals surface area (Å²) in [6.07, 6.45) is 3.15. The maximum Gasteiger partial charge on any atom is 0.365 e. The van der Waals surface area contributed by atoms with E-state index in [9.17, 15) is 4.79 Å². The number of carbonyl (C=O) groups is 1. The number of carboxylic acids is 1. The van der Waals surface area contributed by atoms with Crippen LogP contribution in [0.25, 0.3) is 10.3 Å². The summed E-state index contributed by atoms with van der Waals surface area (Å²) in [6, 6.07) is 2.04. The zero-order chi connectivity index (χ0) is 14.5. The molecule has 1 aliphatic rings. The third kappa shape index (κ3) is 2.30. The SMILES string of the molecule is CC(C)(C)C1CCc2nc3sc(C(=O)O)nc3cc2C1. The van der Waals surface area contributed by atoms with Crippen LogP contribution in [0.3, 0.4) is 0 Å². The Morgan fingerprint density at radius 1 is 1.40 bits per heavy atom. The van der Waals surface area contributed by atoms with Crippen LogP contribution in [0, 0.1) is 11.3 Å². The van der Waals surface area contributed by atoms with Gasteiger partial charge in [0.1, 0.15) is 10.3 Å². The first kappa shape index (κ1) is 13.5. The van der Waals surface area contributed by atoms with Crippen molar-refractivity contribution in [2.24, 2.45) is 11.3 Å². The third-order valence-electron chi connectivity index (χ3n) is 4.16. The molecule has 1 unspecified atom stereocenters. The van der Waals surface area contributed by atoms with E-state index in [1.807, 2.05) is 6.07 Å². The second-order valence-electron chi connectivity index (χ2n) is 6.55. The van der Waals surface area contributed by atoms with Crippen molar-refractivity contribution in [1.29, 1.82) is 0 Å². The number of pyridine rings is 1. The number of aromatic nitrogens is 2. The van der Waals surface area contributed by atoms with E-state index < -0.39 is 5.97 Å². The highest BCUT2D eigenvalue weighted by Crippen LogP contribution is 2.37. The average Bonchev–Trinajstić information content (AvgIpc) is 2.77. The molecular weight excluding hydrogens is 272 g/mol. The minimum absolute atomic E-state index is 0.127. The van der Waals surface area contributed by atoms with Gasteiger partial charge >= 0.3 is 5.97 Å². The Labute approximate surface area is 121 Å². The Hall–Kier alpha value is -1.49. The lowest BCUT2D eigenvalue weighted by Crippen LogP contribution is -2.27. The summed E-state index contributed by atoms with van der Waals surface area (Å²) >= 11 is 1.16. The summed E-state index contributed by atoms with van der Waals surface area (Å²) in [4.78, 5) is 20.5. The Balaban J connectivity index is 2.02. The molecule has 0 spiro atoms. The molecule has 0 amide bonds. The quantitative estimate of drug-likeness (QED) is 0.872. The molecule has 1 atom stereocenters. The van der Waals surface area contributed by atoms with Crippen LogP contribution < -0.4 is 0 Å². The van der Waals surface area contributed by atoms with Gasteiger partial charge in [0, 0.05) is 5.69 Å². The molecule has 5 heteroatoms. The van der Waals surface area contributed by atoms with Gasteiger partial charge in [0.15, 0.2) is 0 Å². The molecule has 0 aromatic carbocycles. The van der Waals surface area contributed by atoms with Gasteiger partial charge in [-0.3, -0.25) is 0 Å². The number of hydrogen-bond acceptors (Lipinski definition) is 4.